The molecule has 1 aliphatic rings. The number of aromatic nitrogens is 1. The number of benzene rings is 9. The molecule has 0 radical (unpaired) electrons. The van der Waals surface area contributed by atoms with Crippen molar-refractivity contribution in [3.8, 4) is 43.4 Å². The summed E-state index contributed by atoms with van der Waals surface area (Å²) in [6.45, 7) is 0. The van der Waals surface area contributed by atoms with Crippen LogP contribution < -0.4 is 4.90 Å². The van der Waals surface area contributed by atoms with Crippen molar-refractivity contribution in [1.29, 1.82) is 0 Å². The zero-order valence-corrected chi connectivity index (χ0v) is 29.2. The number of rotatable bonds is 5. The summed E-state index contributed by atoms with van der Waals surface area (Å²) in [5, 5.41) is 11.2. The average Bonchev–Trinajstić information content (AvgIpc) is 3.90. The molecule has 2 aromatic heterocycles. The summed E-state index contributed by atoms with van der Waals surface area (Å²) >= 11 is 1.80. The molecule has 4 heteroatoms. The van der Waals surface area contributed by atoms with Crippen molar-refractivity contribution in [2.75, 3.05) is 4.90 Å². The molecule has 0 aliphatic heterocycles. The van der Waals surface area contributed by atoms with Crippen LogP contribution in [-0.4, -0.2) is 4.98 Å². The highest BCUT2D eigenvalue weighted by Crippen LogP contribution is 2.54. The summed E-state index contributed by atoms with van der Waals surface area (Å²) in [7, 11) is 0. The van der Waals surface area contributed by atoms with Gasteiger partial charge >= 0.3 is 0 Å². The molecule has 9 aromatic carbocycles. The molecule has 0 saturated heterocycles. The molecule has 2 heterocycles. The van der Waals surface area contributed by atoms with Gasteiger partial charge in [0.15, 0.2) is 0 Å². The normalized spacial score (nSPS) is 12.2. The summed E-state index contributed by atoms with van der Waals surface area (Å²) in [6.07, 6.45) is 0. The minimum absolute atomic E-state index is 0.872. The van der Waals surface area contributed by atoms with Crippen molar-refractivity contribution in [2.24, 2.45) is 0 Å². The van der Waals surface area contributed by atoms with E-state index < -0.39 is 0 Å². The number of hydrogen-bond donors (Lipinski definition) is 0. The first-order valence-corrected chi connectivity index (χ1v) is 18.8. The first-order chi connectivity index (χ1) is 26.2. The Morgan fingerprint density at radius 2 is 1.09 bits per heavy atom. The van der Waals surface area contributed by atoms with Gasteiger partial charge in [0.1, 0.15) is 16.2 Å². The van der Waals surface area contributed by atoms with Gasteiger partial charge in [0.05, 0.1) is 10.6 Å². The monoisotopic (exact) mass is 692 g/mol. The molecular weight excluding hydrogens is 665 g/mol. The van der Waals surface area contributed by atoms with Crippen molar-refractivity contribution in [3.05, 3.63) is 170 Å². The van der Waals surface area contributed by atoms with E-state index in [1.165, 1.54) is 59.4 Å². The van der Waals surface area contributed by atoms with E-state index in [1.54, 1.807) is 11.3 Å². The number of nitrogens with zero attached hydrogens (tertiary/aromatic N) is 2. The Kier molecular flexibility index (Phi) is 5.93. The van der Waals surface area contributed by atoms with E-state index in [-0.39, 0.29) is 0 Å². The predicted octanol–water partition coefficient (Wildman–Crippen LogP) is 14.4. The number of thiazole rings is 1. The highest BCUT2D eigenvalue weighted by molar-refractivity contribution is 7.19. The van der Waals surface area contributed by atoms with Crippen molar-refractivity contribution in [3.63, 3.8) is 0 Å². The summed E-state index contributed by atoms with van der Waals surface area (Å²) in [5.41, 5.74) is 12.1. The number of furan rings is 1. The highest BCUT2D eigenvalue weighted by atomic mass is 32.1. The van der Waals surface area contributed by atoms with E-state index in [2.05, 4.69) is 163 Å². The van der Waals surface area contributed by atoms with Crippen molar-refractivity contribution in [2.45, 2.75) is 0 Å². The minimum Gasteiger partial charge on any atom is -0.456 e. The molecule has 0 N–H and O–H groups in total. The molecule has 3 nitrogen and oxygen atoms in total. The first-order valence-electron chi connectivity index (χ1n) is 17.9. The van der Waals surface area contributed by atoms with Crippen LogP contribution in [0.4, 0.5) is 17.1 Å². The van der Waals surface area contributed by atoms with E-state index in [0.29, 0.717) is 0 Å². The molecule has 246 valence electrons. The van der Waals surface area contributed by atoms with Gasteiger partial charge in [0.25, 0.3) is 0 Å². The van der Waals surface area contributed by atoms with E-state index >= 15 is 0 Å². The Morgan fingerprint density at radius 3 is 1.92 bits per heavy atom. The lowest BCUT2D eigenvalue weighted by Gasteiger charge is -2.26. The topological polar surface area (TPSA) is 29.3 Å². The van der Waals surface area contributed by atoms with Crippen molar-refractivity contribution in [1.82, 2.24) is 4.98 Å². The van der Waals surface area contributed by atoms with Gasteiger partial charge in [-0.3, -0.25) is 0 Å². The molecule has 0 amide bonds. The largest absolute Gasteiger partial charge is 0.456 e. The molecule has 0 bridgehead atoms. The van der Waals surface area contributed by atoms with E-state index in [9.17, 15) is 0 Å². The fourth-order valence-electron chi connectivity index (χ4n) is 8.52. The molecule has 0 spiro atoms. The maximum absolute atomic E-state index is 6.35. The lowest BCUT2D eigenvalue weighted by molar-refractivity contribution is 0.669. The summed E-state index contributed by atoms with van der Waals surface area (Å²) in [5.74, 6) is 0. The van der Waals surface area contributed by atoms with Gasteiger partial charge in [-0.1, -0.05) is 103 Å². The zero-order valence-electron chi connectivity index (χ0n) is 28.4. The summed E-state index contributed by atoms with van der Waals surface area (Å²) in [6, 6.07) is 61.0. The van der Waals surface area contributed by atoms with E-state index in [0.717, 1.165) is 55.3 Å². The van der Waals surface area contributed by atoms with Gasteiger partial charge < -0.3 is 9.32 Å². The maximum Gasteiger partial charge on any atom is 0.137 e. The van der Waals surface area contributed by atoms with Crippen molar-refractivity contribution < 1.29 is 4.42 Å². The molecule has 53 heavy (non-hydrogen) atoms. The molecule has 11 aromatic rings. The lowest BCUT2D eigenvalue weighted by atomic mass is 9.91. The quantitative estimate of drug-likeness (QED) is 0.168. The molecule has 0 saturated carbocycles. The summed E-state index contributed by atoms with van der Waals surface area (Å²) < 4.78 is 6.35. The Balaban J connectivity index is 0.957. The van der Waals surface area contributed by atoms with Crippen LogP contribution in [0.3, 0.4) is 0 Å². The Hall–Kier alpha value is -6.75. The lowest BCUT2D eigenvalue weighted by Crippen LogP contribution is -2.09. The van der Waals surface area contributed by atoms with Gasteiger partial charge in [0, 0.05) is 56.0 Å². The first kappa shape index (κ1) is 28.9. The molecule has 1 aliphatic carbocycles. The third-order valence-corrected chi connectivity index (χ3v) is 12.1. The van der Waals surface area contributed by atoms with Gasteiger partial charge in [-0.15, -0.1) is 11.3 Å². The third-order valence-electron chi connectivity index (χ3n) is 11.0. The number of hydrogen-bond acceptors (Lipinski definition) is 4. The minimum atomic E-state index is 0.872. The molecule has 0 fully saturated rings. The second-order valence-electron chi connectivity index (χ2n) is 13.9. The Bertz CT molecular complexity index is 3210. The average molecular weight is 693 g/mol. The number of para-hydroxylation sites is 1. The Morgan fingerprint density at radius 1 is 0.434 bits per heavy atom. The van der Waals surface area contributed by atoms with Crippen LogP contribution in [0.15, 0.2) is 174 Å². The number of anilines is 3. The van der Waals surface area contributed by atoms with Crippen LogP contribution in [0.1, 0.15) is 0 Å². The highest BCUT2D eigenvalue weighted by Gasteiger charge is 2.28. The van der Waals surface area contributed by atoms with Gasteiger partial charge in [-0.25, -0.2) is 4.98 Å². The molecular formula is C49H28N2OS. The predicted molar refractivity (Wildman–Crippen MR) is 223 cm³/mol. The molecule has 12 rings (SSSR count). The van der Waals surface area contributed by atoms with Gasteiger partial charge in [-0.2, -0.15) is 0 Å². The van der Waals surface area contributed by atoms with Crippen molar-refractivity contribution >= 4 is 82.7 Å². The SMILES string of the molecule is c1ccc(-c2ccc(N(c3ccc(-c4nc5c(s4)-c4cc6cccc7ccc8ccc-5c4c8c76)cc3)c3ccc4c(c3)oc3ccccc34)cc2)cc1. The van der Waals surface area contributed by atoms with Crippen LogP contribution in [0.25, 0.3) is 97.7 Å². The van der Waals surface area contributed by atoms with Crippen LogP contribution in [0, 0.1) is 0 Å². The van der Waals surface area contributed by atoms with E-state index in [1.807, 2.05) is 12.1 Å². The second kappa shape index (κ2) is 10.9. The van der Waals surface area contributed by atoms with Crippen LogP contribution in [-0.2, 0) is 0 Å². The van der Waals surface area contributed by atoms with Crippen LogP contribution in [0.5, 0.6) is 0 Å². The smallest absolute Gasteiger partial charge is 0.137 e. The number of fused-ring (bicyclic) bond motifs is 6. The standard InChI is InChI=1S/C49H28N2OS/c1-2-7-29(8-3-1)30-15-20-35(21-16-30)51(37-24-26-39-38-11-4-5-12-42(38)52-43(39)28-37)36-22-17-33(18-23-36)49-50-47-40-25-19-32-14-13-31-9-6-10-34-27-41(48(47)53-49)46(40)45(32)44(31)34/h1-28H. The second-order valence-corrected chi connectivity index (χ2v) is 14.9. The third kappa shape index (κ3) is 4.24. The fraction of sp³-hybridized carbons (Fsp3) is 0. The van der Waals surface area contributed by atoms with Crippen LogP contribution in [0.2, 0.25) is 0 Å². The molecule has 0 unspecified atom stereocenters. The van der Waals surface area contributed by atoms with Crippen LogP contribution >= 0.6 is 11.3 Å². The van der Waals surface area contributed by atoms with Gasteiger partial charge in [-0.05, 0) is 98.7 Å². The maximum atomic E-state index is 6.35. The fourth-order valence-corrected chi connectivity index (χ4v) is 9.63. The Labute approximate surface area is 309 Å². The van der Waals surface area contributed by atoms with E-state index in [4.69, 9.17) is 9.40 Å². The zero-order chi connectivity index (χ0) is 34.6. The molecule has 0 atom stereocenters. The van der Waals surface area contributed by atoms with Gasteiger partial charge in [0.2, 0.25) is 0 Å². The summed E-state index contributed by atoms with van der Waals surface area (Å²) in [4.78, 5) is 8.89.